The van der Waals surface area contributed by atoms with Gasteiger partial charge in [0.15, 0.2) is 0 Å². The fourth-order valence-electron chi connectivity index (χ4n) is 5.62. The van der Waals surface area contributed by atoms with Crippen molar-refractivity contribution in [3.05, 3.63) is 59.7 Å². The molecule has 2 fully saturated rings. The second kappa shape index (κ2) is 9.00. The molecule has 35 heavy (non-hydrogen) atoms. The first kappa shape index (κ1) is 23.4. The number of alkyl carbamates (subject to hydrolysis) is 1. The highest BCUT2D eigenvalue weighted by atomic mass is 16.5. The topological polar surface area (TPSA) is 105 Å². The number of likely N-dealkylation sites (tertiary alicyclic amines) is 1. The van der Waals surface area contributed by atoms with Crippen LogP contribution in [0.4, 0.5) is 4.79 Å². The van der Waals surface area contributed by atoms with Gasteiger partial charge in [-0.3, -0.25) is 9.59 Å². The zero-order chi connectivity index (χ0) is 24.7. The van der Waals surface area contributed by atoms with E-state index in [4.69, 9.17) is 9.47 Å². The first-order chi connectivity index (χ1) is 16.8. The molecule has 2 aliphatic carbocycles. The minimum absolute atomic E-state index is 0.0909. The number of rotatable bonds is 7. The smallest absolute Gasteiger partial charge is 0.407 e. The van der Waals surface area contributed by atoms with Gasteiger partial charge in [-0.15, -0.1) is 0 Å². The van der Waals surface area contributed by atoms with Crippen molar-refractivity contribution in [2.45, 2.75) is 37.8 Å². The highest BCUT2D eigenvalue weighted by molar-refractivity contribution is 5.88. The number of benzene rings is 2. The summed E-state index contributed by atoms with van der Waals surface area (Å²) in [6, 6.07) is 15.2. The predicted octanol–water partition coefficient (Wildman–Crippen LogP) is 3.25. The van der Waals surface area contributed by atoms with Gasteiger partial charge in [-0.1, -0.05) is 48.5 Å². The van der Waals surface area contributed by atoms with E-state index in [-0.39, 0.29) is 30.4 Å². The van der Waals surface area contributed by atoms with Crippen molar-refractivity contribution in [2.75, 3.05) is 26.8 Å². The molecule has 1 spiro atoms. The maximum absolute atomic E-state index is 13.3. The van der Waals surface area contributed by atoms with E-state index in [0.29, 0.717) is 6.54 Å². The number of hydrogen-bond donors (Lipinski definition) is 2. The molecule has 3 atom stereocenters. The molecule has 3 aliphatic rings. The summed E-state index contributed by atoms with van der Waals surface area (Å²) < 4.78 is 11.0. The molecular weight excluding hydrogens is 448 g/mol. The van der Waals surface area contributed by atoms with Crippen molar-refractivity contribution in [1.29, 1.82) is 0 Å². The summed E-state index contributed by atoms with van der Waals surface area (Å²) in [5.41, 5.74) is 4.15. The molecule has 5 rings (SSSR count). The van der Waals surface area contributed by atoms with Crippen LogP contribution in [-0.4, -0.2) is 66.9 Å². The fourth-order valence-corrected chi connectivity index (χ4v) is 5.62. The molecule has 0 bridgehead atoms. The lowest BCUT2D eigenvalue weighted by Gasteiger charge is -2.28. The van der Waals surface area contributed by atoms with Gasteiger partial charge in [-0.05, 0) is 42.0 Å². The highest BCUT2D eigenvalue weighted by Gasteiger charge is 2.59. The minimum Gasteiger partial charge on any atom is -0.481 e. The normalized spacial score (nSPS) is 21.2. The number of carboxylic acid groups (broad SMARTS) is 1. The van der Waals surface area contributed by atoms with Crippen LogP contribution in [0.3, 0.4) is 0 Å². The first-order valence-electron chi connectivity index (χ1n) is 12.0. The van der Waals surface area contributed by atoms with Gasteiger partial charge in [0.2, 0.25) is 5.91 Å². The van der Waals surface area contributed by atoms with Crippen molar-refractivity contribution < 1.29 is 29.0 Å². The van der Waals surface area contributed by atoms with Gasteiger partial charge in [0, 0.05) is 31.5 Å². The van der Waals surface area contributed by atoms with Crippen molar-refractivity contribution in [2.24, 2.45) is 11.3 Å². The van der Waals surface area contributed by atoms with Gasteiger partial charge in [0.05, 0.1) is 12.0 Å². The van der Waals surface area contributed by atoms with Crippen molar-refractivity contribution in [3.8, 4) is 11.1 Å². The highest BCUT2D eigenvalue weighted by Crippen LogP contribution is 2.56. The number of hydrogen-bond acceptors (Lipinski definition) is 5. The number of ether oxygens (including phenoxy) is 2. The molecule has 8 nitrogen and oxygen atoms in total. The predicted molar refractivity (Wildman–Crippen MR) is 128 cm³/mol. The van der Waals surface area contributed by atoms with Crippen LogP contribution in [0.15, 0.2) is 48.5 Å². The Morgan fingerprint density at radius 1 is 1.09 bits per heavy atom. The molecule has 1 aliphatic heterocycles. The zero-order valence-corrected chi connectivity index (χ0v) is 19.9. The summed E-state index contributed by atoms with van der Waals surface area (Å²) in [5, 5.41) is 12.3. The van der Waals surface area contributed by atoms with E-state index in [9.17, 15) is 19.5 Å². The molecule has 2 aromatic carbocycles. The van der Waals surface area contributed by atoms with Crippen LogP contribution < -0.4 is 5.32 Å². The van der Waals surface area contributed by atoms with E-state index in [1.54, 1.807) is 11.8 Å². The van der Waals surface area contributed by atoms with Gasteiger partial charge in [-0.2, -0.15) is 0 Å². The van der Waals surface area contributed by atoms with Crippen molar-refractivity contribution in [1.82, 2.24) is 10.2 Å². The first-order valence-corrected chi connectivity index (χ1v) is 12.0. The standard InChI is InChI=1S/C27H30N2O6/c1-16(34-2)23(24(30)29-13-22(25(31)32)27(15-29)11-12-27)28-26(33)35-14-21-19-9-5-3-7-17(19)18-8-4-6-10-20(18)21/h3-10,16,21-23H,11-15H2,1-2H3,(H,28,33)(H,31,32). The Bertz CT molecular complexity index is 1110. The lowest BCUT2D eigenvalue weighted by molar-refractivity contribution is -0.143. The summed E-state index contributed by atoms with van der Waals surface area (Å²) in [6.07, 6.45) is 0.294. The number of aliphatic carboxylic acids is 1. The average Bonchev–Trinajstić information content (AvgIpc) is 3.41. The van der Waals surface area contributed by atoms with Crippen LogP contribution in [0.2, 0.25) is 0 Å². The molecule has 0 radical (unpaired) electrons. The molecule has 8 heteroatoms. The van der Waals surface area contributed by atoms with Crippen LogP contribution >= 0.6 is 0 Å². The number of nitrogens with zero attached hydrogens (tertiary/aromatic N) is 1. The molecule has 3 unspecified atom stereocenters. The van der Waals surface area contributed by atoms with E-state index < -0.39 is 30.1 Å². The Labute approximate surface area is 204 Å². The van der Waals surface area contributed by atoms with E-state index >= 15 is 0 Å². The zero-order valence-electron chi connectivity index (χ0n) is 19.9. The average molecular weight is 479 g/mol. The molecule has 2 aromatic rings. The maximum atomic E-state index is 13.3. The molecule has 0 aromatic heterocycles. The largest absolute Gasteiger partial charge is 0.481 e. The second-order valence-electron chi connectivity index (χ2n) is 9.86. The fraction of sp³-hybridized carbons (Fsp3) is 0.444. The summed E-state index contributed by atoms with van der Waals surface area (Å²) in [4.78, 5) is 39.4. The third-order valence-corrected chi connectivity index (χ3v) is 7.87. The Morgan fingerprint density at radius 3 is 2.20 bits per heavy atom. The number of methoxy groups -OCH3 is 1. The number of carbonyl (C=O) groups is 3. The van der Waals surface area contributed by atoms with Gasteiger partial charge < -0.3 is 24.8 Å². The molecule has 2 amide bonds. The van der Waals surface area contributed by atoms with Crippen LogP contribution in [0, 0.1) is 11.3 Å². The molecule has 184 valence electrons. The second-order valence-corrected chi connectivity index (χ2v) is 9.86. The number of nitrogens with one attached hydrogen (secondary N) is 1. The number of fused-ring (bicyclic) bond motifs is 3. The Hall–Kier alpha value is -3.39. The van der Waals surface area contributed by atoms with Crippen molar-refractivity contribution >= 4 is 18.0 Å². The monoisotopic (exact) mass is 478 g/mol. The SMILES string of the molecule is COC(C)C(NC(=O)OCC1c2ccccc2-c2ccccc21)C(=O)N1CC(C(=O)O)C2(CC2)C1. The van der Waals surface area contributed by atoms with Gasteiger partial charge in [0.1, 0.15) is 12.6 Å². The Morgan fingerprint density at radius 2 is 1.69 bits per heavy atom. The van der Waals surface area contributed by atoms with Crippen LogP contribution in [-0.2, 0) is 19.1 Å². The third kappa shape index (κ3) is 4.16. The quantitative estimate of drug-likeness (QED) is 0.633. The summed E-state index contributed by atoms with van der Waals surface area (Å²) in [5.74, 6) is -1.88. The number of carboxylic acids is 1. The van der Waals surface area contributed by atoms with E-state index in [2.05, 4.69) is 17.4 Å². The molecule has 1 saturated heterocycles. The Balaban J connectivity index is 1.26. The van der Waals surface area contributed by atoms with Crippen molar-refractivity contribution in [3.63, 3.8) is 0 Å². The van der Waals surface area contributed by atoms with E-state index in [0.717, 1.165) is 35.1 Å². The van der Waals surface area contributed by atoms with Crippen LogP contribution in [0.25, 0.3) is 11.1 Å². The minimum atomic E-state index is -0.973. The maximum Gasteiger partial charge on any atom is 0.407 e. The lowest BCUT2D eigenvalue weighted by Crippen LogP contribution is -2.54. The van der Waals surface area contributed by atoms with E-state index in [1.807, 2.05) is 36.4 Å². The van der Waals surface area contributed by atoms with E-state index in [1.165, 1.54) is 7.11 Å². The number of carbonyl (C=O) groups excluding carboxylic acids is 2. The van der Waals surface area contributed by atoms with Gasteiger partial charge >= 0.3 is 12.1 Å². The molecular formula is C27H30N2O6. The van der Waals surface area contributed by atoms with Gasteiger partial charge in [0.25, 0.3) is 0 Å². The summed E-state index contributed by atoms with van der Waals surface area (Å²) in [7, 11) is 1.47. The van der Waals surface area contributed by atoms with Crippen LogP contribution in [0.5, 0.6) is 0 Å². The lowest BCUT2D eigenvalue weighted by atomic mass is 9.93. The van der Waals surface area contributed by atoms with Gasteiger partial charge in [-0.25, -0.2) is 4.79 Å². The summed E-state index contributed by atoms with van der Waals surface area (Å²) in [6.45, 7) is 2.37. The number of amides is 2. The molecule has 1 saturated carbocycles. The third-order valence-electron chi connectivity index (χ3n) is 7.87. The molecule has 2 N–H and O–H groups in total. The molecule has 1 heterocycles. The Kier molecular flexibility index (Phi) is 6.01. The van der Waals surface area contributed by atoms with Crippen LogP contribution in [0.1, 0.15) is 36.8 Å². The summed E-state index contributed by atoms with van der Waals surface area (Å²) >= 11 is 0.